The molecule has 0 aliphatic rings. The third-order valence-corrected chi connectivity index (χ3v) is 2.44. The fraction of sp³-hybridized carbons (Fsp3) is 0.167. The molecular formula is C12H10F3N3. The summed E-state index contributed by atoms with van der Waals surface area (Å²) in [6, 6.07) is 5.59. The molecule has 94 valence electrons. The summed E-state index contributed by atoms with van der Waals surface area (Å²) in [5, 5.41) is 0. The fourth-order valence-corrected chi connectivity index (χ4v) is 1.52. The number of nitrogens with two attached hydrogens (primary N) is 1. The monoisotopic (exact) mass is 253 g/mol. The summed E-state index contributed by atoms with van der Waals surface area (Å²) in [6.45, 7) is 1.44. The van der Waals surface area contributed by atoms with E-state index in [1.54, 1.807) is 6.07 Å². The molecule has 2 N–H and O–H groups in total. The van der Waals surface area contributed by atoms with Gasteiger partial charge in [-0.15, -0.1) is 0 Å². The van der Waals surface area contributed by atoms with Crippen molar-refractivity contribution in [2.24, 2.45) is 0 Å². The fourth-order valence-electron chi connectivity index (χ4n) is 1.52. The summed E-state index contributed by atoms with van der Waals surface area (Å²) >= 11 is 0. The minimum Gasteiger partial charge on any atom is -0.381 e. The molecule has 3 nitrogen and oxygen atoms in total. The highest BCUT2D eigenvalue weighted by atomic mass is 19.3. The van der Waals surface area contributed by atoms with E-state index in [1.807, 2.05) is 0 Å². The van der Waals surface area contributed by atoms with Gasteiger partial charge in [-0.25, -0.2) is 23.1 Å². The maximum absolute atomic E-state index is 13.3. The first-order valence-corrected chi connectivity index (χ1v) is 5.17. The highest BCUT2D eigenvalue weighted by Crippen LogP contribution is 2.25. The Morgan fingerprint density at radius 1 is 1.22 bits per heavy atom. The maximum Gasteiger partial charge on any atom is 0.263 e. The van der Waals surface area contributed by atoms with Crippen LogP contribution in [0.1, 0.15) is 17.7 Å². The lowest BCUT2D eigenvalue weighted by atomic mass is 10.1. The van der Waals surface area contributed by atoms with E-state index in [9.17, 15) is 13.2 Å². The first-order chi connectivity index (χ1) is 8.49. The number of halogens is 3. The molecule has 0 radical (unpaired) electrons. The van der Waals surface area contributed by atoms with E-state index in [-0.39, 0.29) is 22.9 Å². The topological polar surface area (TPSA) is 51.8 Å². The van der Waals surface area contributed by atoms with Crippen LogP contribution < -0.4 is 5.73 Å². The SMILES string of the molecule is Cc1nc(-c2cccc(C(F)F)c2)nc(N)c1F. The summed E-state index contributed by atoms with van der Waals surface area (Å²) in [5.74, 6) is -0.849. The van der Waals surface area contributed by atoms with Crippen molar-refractivity contribution >= 4 is 5.82 Å². The molecule has 2 aromatic rings. The molecule has 2 rings (SSSR count). The zero-order valence-corrected chi connectivity index (χ0v) is 9.49. The molecule has 1 aromatic heterocycles. The normalized spacial score (nSPS) is 10.9. The van der Waals surface area contributed by atoms with Crippen LogP contribution in [0, 0.1) is 12.7 Å². The largest absolute Gasteiger partial charge is 0.381 e. The van der Waals surface area contributed by atoms with Crippen LogP contribution in [-0.2, 0) is 0 Å². The van der Waals surface area contributed by atoms with E-state index >= 15 is 0 Å². The standard InChI is InChI=1S/C12H10F3N3/c1-6-9(13)11(16)18-12(17-6)8-4-2-3-7(5-8)10(14)15/h2-5,10H,1H3,(H2,16,17,18). The Balaban J connectivity index is 2.52. The molecule has 1 aromatic carbocycles. The predicted molar refractivity (Wildman–Crippen MR) is 61.5 cm³/mol. The summed E-state index contributed by atoms with van der Waals surface area (Å²) in [5.41, 5.74) is 5.70. The number of benzene rings is 1. The summed E-state index contributed by atoms with van der Waals surface area (Å²) < 4.78 is 38.4. The van der Waals surface area contributed by atoms with Crippen LogP contribution in [-0.4, -0.2) is 9.97 Å². The van der Waals surface area contributed by atoms with Crippen LogP contribution in [0.2, 0.25) is 0 Å². The number of aromatic nitrogens is 2. The van der Waals surface area contributed by atoms with Gasteiger partial charge >= 0.3 is 0 Å². The number of hydrogen-bond acceptors (Lipinski definition) is 3. The number of nitrogens with zero attached hydrogens (tertiary/aromatic N) is 2. The Kier molecular flexibility index (Phi) is 3.18. The van der Waals surface area contributed by atoms with Crippen molar-refractivity contribution in [2.45, 2.75) is 13.3 Å². The van der Waals surface area contributed by atoms with Gasteiger partial charge in [0.05, 0.1) is 5.69 Å². The molecule has 0 saturated carbocycles. The van der Waals surface area contributed by atoms with Crippen LogP contribution in [0.4, 0.5) is 19.0 Å². The molecule has 18 heavy (non-hydrogen) atoms. The van der Waals surface area contributed by atoms with Gasteiger partial charge in [0, 0.05) is 11.1 Å². The van der Waals surface area contributed by atoms with Crippen LogP contribution in [0.3, 0.4) is 0 Å². The molecule has 6 heteroatoms. The van der Waals surface area contributed by atoms with E-state index in [2.05, 4.69) is 9.97 Å². The molecule has 0 aliphatic carbocycles. The first-order valence-electron chi connectivity index (χ1n) is 5.17. The lowest BCUT2D eigenvalue weighted by Gasteiger charge is -2.06. The van der Waals surface area contributed by atoms with Crippen molar-refractivity contribution in [2.75, 3.05) is 5.73 Å². The molecule has 0 fully saturated rings. The third-order valence-electron chi connectivity index (χ3n) is 2.44. The van der Waals surface area contributed by atoms with Gasteiger partial charge in [0.15, 0.2) is 17.5 Å². The molecule has 0 aliphatic heterocycles. The zero-order chi connectivity index (χ0) is 13.3. The van der Waals surface area contributed by atoms with Crippen LogP contribution >= 0.6 is 0 Å². The molecule has 0 amide bonds. The van der Waals surface area contributed by atoms with E-state index in [1.165, 1.54) is 25.1 Å². The Morgan fingerprint density at radius 2 is 1.94 bits per heavy atom. The second-order valence-electron chi connectivity index (χ2n) is 3.76. The van der Waals surface area contributed by atoms with Gasteiger partial charge < -0.3 is 5.73 Å². The zero-order valence-electron chi connectivity index (χ0n) is 9.49. The van der Waals surface area contributed by atoms with E-state index in [0.29, 0.717) is 5.56 Å². The summed E-state index contributed by atoms with van der Waals surface area (Å²) in [6.07, 6.45) is -2.58. The van der Waals surface area contributed by atoms with Gasteiger partial charge in [-0.05, 0) is 13.0 Å². The lowest BCUT2D eigenvalue weighted by molar-refractivity contribution is 0.151. The number of hydrogen-bond donors (Lipinski definition) is 1. The second-order valence-corrected chi connectivity index (χ2v) is 3.76. The first kappa shape index (κ1) is 12.3. The summed E-state index contributed by atoms with van der Waals surface area (Å²) in [4.78, 5) is 7.64. The van der Waals surface area contributed by atoms with Crippen LogP contribution in [0.5, 0.6) is 0 Å². The smallest absolute Gasteiger partial charge is 0.263 e. The van der Waals surface area contributed by atoms with Gasteiger partial charge in [-0.3, -0.25) is 0 Å². The minimum absolute atomic E-state index is 0.0833. The average Bonchev–Trinajstić information content (AvgIpc) is 2.35. The molecular weight excluding hydrogens is 243 g/mol. The lowest BCUT2D eigenvalue weighted by Crippen LogP contribution is -2.03. The van der Waals surface area contributed by atoms with Gasteiger partial charge in [-0.1, -0.05) is 18.2 Å². The van der Waals surface area contributed by atoms with E-state index in [4.69, 9.17) is 5.73 Å². The Hall–Kier alpha value is -2.11. The van der Waals surface area contributed by atoms with Crippen LogP contribution in [0.15, 0.2) is 24.3 Å². The number of rotatable bonds is 2. The molecule has 0 saturated heterocycles. The number of aryl methyl sites for hydroxylation is 1. The van der Waals surface area contributed by atoms with Crippen molar-refractivity contribution in [3.63, 3.8) is 0 Å². The van der Waals surface area contributed by atoms with E-state index in [0.717, 1.165) is 0 Å². The Bertz CT molecular complexity index is 562. The van der Waals surface area contributed by atoms with Crippen molar-refractivity contribution in [1.82, 2.24) is 9.97 Å². The quantitative estimate of drug-likeness (QED) is 0.894. The minimum atomic E-state index is -2.58. The summed E-state index contributed by atoms with van der Waals surface area (Å²) in [7, 11) is 0. The van der Waals surface area contributed by atoms with Gasteiger partial charge in [-0.2, -0.15) is 0 Å². The van der Waals surface area contributed by atoms with Gasteiger partial charge in [0.25, 0.3) is 6.43 Å². The van der Waals surface area contributed by atoms with E-state index < -0.39 is 12.2 Å². The van der Waals surface area contributed by atoms with Crippen molar-refractivity contribution in [1.29, 1.82) is 0 Å². The Labute approximate surface area is 101 Å². The average molecular weight is 253 g/mol. The molecule has 0 bridgehead atoms. The predicted octanol–water partition coefficient (Wildman–Crippen LogP) is 3.11. The second kappa shape index (κ2) is 4.64. The number of anilines is 1. The third kappa shape index (κ3) is 2.27. The van der Waals surface area contributed by atoms with Crippen molar-refractivity contribution in [3.05, 3.63) is 41.3 Å². The Morgan fingerprint density at radius 3 is 2.56 bits per heavy atom. The van der Waals surface area contributed by atoms with Crippen LogP contribution in [0.25, 0.3) is 11.4 Å². The van der Waals surface area contributed by atoms with Crippen molar-refractivity contribution < 1.29 is 13.2 Å². The van der Waals surface area contributed by atoms with Gasteiger partial charge in [0.1, 0.15) is 0 Å². The maximum atomic E-state index is 13.3. The highest BCUT2D eigenvalue weighted by molar-refractivity contribution is 5.58. The molecule has 0 atom stereocenters. The number of alkyl halides is 2. The molecule has 0 spiro atoms. The van der Waals surface area contributed by atoms with Crippen molar-refractivity contribution in [3.8, 4) is 11.4 Å². The molecule has 0 unspecified atom stereocenters. The highest BCUT2D eigenvalue weighted by Gasteiger charge is 2.12. The number of nitrogen functional groups attached to an aromatic ring is 1. The van der Waals surface area contributed by atoms with Gasteiger partial charge in [0.2, 0.25) is 0 Å². The molecule has 1 heterocycles.